The van der Waals surface area contributed by atoms with Crippen LogP contribution in [0.3, 0.4) is 0 Å². The number of carbonyl (C=O) groups is 1. The van der Waals surface area contributed by atoms with E-state index in [2.05, 4.69) is 10.6 Å². The average Bonchev–Trinajstić information content (AvgIpc) is 2.49. The summed E-state index contributed by atoms with van der Waals surface area (Å²) in [5.74, 6) is 0.556. The molecule has 0 spiro atoms. The average molecular weight is 305 g/mol. The summed E-state index contributed by atoms with van der Waals surface area (Å²) >= 11 is 5.95. The van der Waals surface area contributed by atoms with E-state index in [-0.39, 0.29) is 5.91 Å². The second-order valence-corrected chi connectivity index (χ2v) is 4.79. The van der Waals surface area contributed by atoms with Gasteiger partial charge in [0.15, 0.2) is 0 Å². The lowest BCUT2D eigenvalue weighted by atomic mass is 10.1. The molecule has 0 aliphatic heterocycles. The number of hydrogen-bond acceptors (Lipinski definition) is 3. The SMILES string of the molecule is CCOc1ccc(NC(=O)c2cc(Cl)ccc2NC)cc1. The molecule has 2 aromatic rings. The van der Waals surface area contributed by atoms with Crippen molar-refractivity contribution in [3.63, 3.8) is 0 Å². The molecule has 0 aliphatic rings. The topological polar surface area (TPSA) is 50.4 Å². The monoisotopic (exact) mass is 304 g/mol. The molecule has 2 N–H and O–H groups in total. The fourth-order valence-corrected chi connectivity index (χ4v) is 2.09. The van der Waals surface area contributed by atoms with Crippen molar-refractivity contribution >= 4 is 28.9 Å². The van der Waals surface area contributed by atoms with E-state index in [1.54, 1.807) is 37.4 Å². The van der Waals surface area contributed by atoms with Crippen LogP contribution in [0.1, 0.15) is 17.3 Å². The molecule has 0 aromatic heterocycles. The minimum absolute atomic E-state index is 0.217. The number of carbonyl (C=O) groups excluding carboxylic acids is 1. The fraction of sp³-hybridized carbons (Fsp3) is 0.188. The predicted molar refractivity (Wildman–Crippen MR) is 86.6 cm³/mol. The molecule has 0 fully saturated rings. The Bertz CT molecular complexity index is 627. The highest BCUT2D eigenvalue weighted by atomic mass is 35.5. The number of nitrogens with one attached hydrogen (secondary N) is 2. The van der Waals surface area contributed by atoms with Gasteiger partial charge in [0.2, 0.25) is 0 Å². The third-order valence-electron chi connectivity index (χ3n) is 2.92. The maximum Gasteiger partial charge on any atom is 0.257 e. The van der Waals surface area contributed by atoms with Crippen LogP contribution >= 0.6 is 11.6 Å². The normalized spacial score (nSPS) is 10.0. The van der Waals surface area contributed by atoms with Crippen LogP contribution < -0.4 is 15.4 Å². The highest BCUT2D eigenvalue weighted by Gasteiger charge is 2.11. The summed E-state index contributed by atoms with van der Waals surface area (Å²) in [7, 11) is 1.76. The van der Waals surface area contributed by atoms with Crippen LogP contribution in [0, 0.1) is 0 Å². The third kappa shape index (κ3) is 3.89. The number of anilines is 2. The van der Waals surface area contributed by atoms with Crippen LogP contribution in [0.4, 0.5) is 11.4 Å². The van der Waals surface area contributed by atoms with Crippen molar-refractivity contribution < 1.29 is 9.53 Å². The maximum atomic E-state index is 12.3. The van der Waals surface area contributed by atoms with E-state index >= 15 is 0 Å². The predicted octanol–water partition coefficient (Wildman–Crippen LogP) is 4.03. The number of halogens is 1. The van der Waals surface area contributed by atoms with E-state index in [1.165, 1.54) is 0 Å². The van der Waals surface area contributed by atoms with Gasteiger partial charge in [0.1, 0.15) is 5.75 Å². The van der Waals surface area contributed by atoms with Crippen molar-refractivity contribution in [1.29, 1.82) is 0 Å². The number of hydrogen-bond donors (Lipinski definition) is 2. The first-order chi connectivity index (χ1) is 10.1. The van der Waals surface area contributed by atoms with Crippen molar-refractivity contribution in [2.45, 2.75) is 6.92 Å². The van der Waals surface area contributed by atoms with E-state index in [0.29, 0.717) is 22.9 Å². The molecule has 0 aliphatic carbocycles. The van der Waals surface area contributed by atoms with Crippen molar-refractivity contribution in [3.05, 3.63) is 53.1 Å². The van der Waals surface area contributed by atoms with Gasteiger partial charge < -0.3 is 15.4 Å². The lowest BCUT2D eigenvalue weighted by Gasteiger charge is -2.11. The van der Waals surface area contributed by atoms with Crippen LogP contribution in [0.25, 0.3) is 0 Å². The van der Waals surface area contributed by atoms with Crippen LogP contribution in [0.5, 0.6) is 5.75 Å². The van der Waals surface area contributed by atoms with Crippen LogP contribution in [0.15, 0.2) is 42.5 Å². The van der Waals surface area contributed by atoms with Gasteiger partial charge in [-0.25, -0.2) is 0 Å². The lowest BCUT2D eigenvalue weighted by Crippen LogP contribution is -2.14. The highest BCUT2D eigenvalue weighted by molar-refractivity contribution is 6.31. The van der Waals surface area contributed by atoms with Gasteiger partial charge in [-0.3, -0.25) is 4.79 Å². The zero-order valence-corrected chi connectivity index (χ0v) is 12.7. The minimum atomic E-state index is -0.217. The molecule has 2 aromatic carbocycles. The first kappa shape index (κ1) is 15.2. The first-order valence-electron chi connectivity index (χ1n) is 6.65. The quantitative estimate of drug-likeness (QED) is 0.876. The molecule has 0 atom stereocenters. The zero-order valence-electron chi connectivity index (χ0n) is 11.9. The summed E-state index contributed by atoms with van der Waals surface area (Å²) in [5, 5.41) is 6.33. The van der Waals surface area contributed by atoms with Gasteiger partial charge in [0, 0.05) is 23.4 Å². The Kier molecular flexibility index (Phi) is 5.06. The Morgan fingerprint density at radius 1 is 1.19 bits per heavy atom. The van der Waals surface area contributed by atoms with E-state index in [4.69, 9.17) is 16.3 Å². The summed E-state index contributed by atoms with van der Waals surface area (Å²) in [6.07, 6.45) is 0. The number of amides is 1. The Morgan fingerprint density at radius 2 is 1.90 bits per heavy atom. The Balaban J connectivity index is 2.15. The van der Waals surface area contributed by atoms with Gasteiger partial charge in [-0.05, 0) is 49.4 Å². The second-order valence-electron chi connectivity index (χ2n) is 4.35. The van der Waals surface area contributed by atoms with Crippen molar-refractivity contribution in [2.24, 2.45) is 0 Å². The molecule has 0 heterocycles. The molecule has 0 bridgehead atoms. The maximum absolute atomic E-state index is 12.3. The molecule has 0 unspecified atom stereocenters. The standard InChI is InChI=1S/C16H17ClN2O2/c1-3-21-13-7-5-12(6-8-13)19-16(20)14-10-11(17)4-9-15(14)18-2/h4-10,18H,3H2,1-2H3,(H,19,20). The Hall–Kier alpha value is -2.20. The van der Waals surface area contributed by atoms with Gasteiger partial charge in [-0.15, -0.1) is 0 Å². The molecule has 4 nitrogen and oxygen atoms in total. The minimum Gasteiger partial charge on any atom is -0.494 e. The van der Waals surface area contributed by atoms with Crippen LogP contribution in [-0.4, -0.2) is 19.6 Å². The van der Waals surface area contributed by atoms with E-state index < -0.39 is 0 Å². The molecule has 2 rings (SSSR count). The van der Waals surface area contributed by atoms with E-state index in [1.807, 2.05) is 19.1 Å². The van der Waals surface area contributed by atoms with E-state index in [9.17, 15) is 4.79 Å². The fourth-order valence-electron chi connectivity index (χ4n) is 1.92. The molecule has 0 radical (unpaired) electrons. The highest BCUT2D eigenvalue weighted by Crippen LogP contribution is 2.22. The Morgan fingerprint density at radius 3 is 2.52 bits per heavy atom. The van der Waals surface area contributed by atoms with Gasteiger partial charge >= 0.3 is 0 Å². The van der Waals surface area contributed by atoms with Gasteiger partial charge in [0.05, 0.1) is 12.2 Å². The smallest absolute Gasteiger partial charge is 0.257 e. The number of benzene rings is 2. The molecule has 0 saturated carbocycles. The van der Waals surface area contributed by atoms with Crippen molar-refractivity contribution in [3.8, 4) is 5.75 Å². The molecule has 0 saturated heterocycles. The Labute approximate surface area is 129 Å². The number of ether oxygens (including phenoxy) is 1. The summed E-state index contributed by atoms with van der Waals surface area (Å²) in [6, 6.07) is 12.4. The zero-order chi connectivity index (χ0) is 15.2. The number of rotatable bonds is 5. The van der Waals surface area contributed by atoms with Crippen LogP contribution in [-0.2, 0) is 0 Å². The summed E-state index contributed by atoms with van der Waals surface area (Å²) in [5.41, 5.74) is 1.92. The van der Waals surface area contributed by atoms with E-state index in [0.717, 1.165) is 11.4 Å². The van der Waals surface area contributed by atoms with Crippen molar-refractivity contribution in [1.82, 2.24) is 0 Å². The molecular formula is C16H17ClN2O2. The summed E-state index contributed by atoms with van der Waals surface area (Å²) in [6.45, 7) is 2.54. The lowest BCUT2D eigenvalue weighted by molar-refractivity contribution is 0.102. The van der Waals surface area contributed by atoms with Crippen molar-refractivity contribution in [2.75, 3.05) is 24.3 Å². The van der Waals surface area contributed by atoms with Gasteiger partial charge in [-0.1, -0.05) is 11.6 Å². The third-order valence-corrected chi connectivity index (χ3v) is 3.15. The van der Waals surface area contributed by atoms with Crippen LogP contribution in [0.2, 0.25) is 5.02 Å². The molecule has 5 heteroatoms. The molecule has 1 amide bonds. The summed E-state index contributed by atoms with van der Waals surface area (Å²) < 4.78 is 5.36. The van der Waals surface area contributed by atoms with Gasteiger partial charge in [0.25, 0.3) is 5.91 Å². The molecule has 21 heavy (non-hydrogen) atoms. The first-order valence-corrected chi connectivity index (χ1v) is 7.03. The summed E-state index contributed by atoms with van der Waals surface area (Å²) in [4.78, 5) is 12.3. The molecule has 110 valence electrons. The van der Waals surface area contributed by atoms with Gasteiger partial charge in [-0.2, -0.15) is 0 Å². The molecular weight excluding hydrogens is 288 g/mol. The second kappa shape index (κ2) is 6.99. The largest absolute Gasteiger partial charge is 0.494 e.